The first-order chi connectivity index (χ1) is 15.9. The second-order valence-corrected chi connectivity index (χ2v) is 15.6. The Morgan fingerprint density at radius 1 is 0.886 bits per heavy atom. The number of benzene rings is 2. The molecular weight excluding hydrogens is 622 g/mol. The minimum atomic E-state index is -1.32. The molecule has 0 aliphatic carbocycles. The molecule has 35 heavy (non-hydrogen) atoms. The van der Waals surface area contributed by atoms with Crippen LogP contribution in [0.1, 0.15) is 76.8 Å². The normalized spacial score (nSPS) is 14.9. The van der Waals surface area contributed by atoms with Gasteiger partial charge in [-0.1, -0.05) is 12.1 Å². The SMILES string of the molecule is Cc1c(C=N[S@@](=O)C(C)(C)C)ccc(Br)c1F.Cc1c([C@@H](C)N[S@@](=O)C(C)(C)C)ccc(Br)c1F. The number of rotatable bonds is 5. The van der Waals surface area contributed by atoms with E-state index >= 15 is 0 Å². The van der Waals surface area contributed by atoms with Gasteiger partial charge in [-0.3, -0.25) is 0 Å². The fourth-order valence-corrected chi connectivity index (χ4v) is 4.79. The summed E-state index contributed by atoms with van der Waals surface area (Å²) < 4.78 is 58.2. The molecule has 196 valence electrons. The van der Waals surface area contributed by atoms with Crippen LogP contribution in [0, 0.1) is 25.5 Å². The zero-order valence-electron chi connectivity index (χ0n) is 21.6. The maximum absolute atomic E-state index is 13.8. The molecule has 0 radical (unpaired) electrons. The van der Waals surface area contributed by atoms with E-state index in [1.165, 1.54) is 6.21 Å². The van der Waals surface area contributed by atoms with Gasteiger partial charge in [-0.2, -0.15) is 4.40 Å². The Bertz CT molecular complexity index is 1130. The van der Waals surface area contributed by atoms with E-state index in [1.54, 1.807) is 32.0 Å². The van der Waals surface area contributed by atoms with Crippen molar-refractivity contribution in [3.8, 4) is 0 Å². The first-order valence-electron chi connectivity index (χ1n) is 10.9. The van der Waals surface area contributed by atoms with Gasteiger partial charge in [-0.05, 0) is 129 Å². The summed E-state index contributed by atoms with van der Waals surface area (Å²) in [6.07, 6.45) is 1.46. The highest BCUT2D eigenvalue weighted by molar-refractivity contribution is 9.10. The Balaban J connectivity index is 0.000000351. The van der Waals surface area contributed by atoms with Gasteiger partial charge in [-0.25, -0.2) is 21.9 Å². The molecule has 2 rings (SSSR count). The molecule has 2 aromatic rings. The van der Waals surface area contributed by atoms with Crippen LogP contribution in [0.5, 0.6) is 0 Å². The molecule has 0 aliphatic rings. The van der Waals surface area contributed by atoms with Gasteiger partial charge in [0.1, 0.15) is 22.6 Å². The summed E-state index contributed by atoms with van der Waals surface area (Å²) in [5, 5.41) is 0. The Labute approximate surface area is 230 Å². The van der Waals surface area contributed by atoms with Gasteiger partial charge in [-0.15, -0.1) is 0 Å². The standard InChI is InChI=1S/C13H19BrFNOS.C12H15BrFNOS/c1-8-10(6-7-11(14)12(8)15)9(2)16-18(17)13(3,4)5;1-8-9(5-6-10(13)11(8)14)7-15-17(16)12(2,3)4/h6-7,9,16H,1-5H3;5-7H,1-4H3/t9-,18+;17-/m10/s1. The minimum Gasteiger partial charge on any atom is -0.242 e. The molecule has 0 aliphatic heterocycles. The van der Waals surface area contributed by atoms with Gasteiger partial charge in [0.25, 0.3) is 0 Å². The monoisotopic (exact) mass is 654 g/mol. The van der Waals surface area contributed by atoms with Crippen LogP contribution >= 0.6 is 31.9 Å². The van der Waals surface area contributed by atoms with Crippen LogP contribution in [0.3, 0.4) is 0 Å². The third-order valence-electron chi connectivity index (χ3n) is 4.88. The molecule has 0 spiro atoms. The van der Waals surface area contributed by atoms with Gasteiger partial charge in [0, 0.05) is 12.3 Å². The lowest BCUT2D eigenvalue weighted by molar-refractivity contribution is 0.593. The lowest BCUT2D eigenvalue weighted by Gasteiger charge is -2.23. The molecule has 0 amide bonds. The van der Waals surface area contributed by atoms with Gasteiger partial charge >= 0.3 is 0 Å². The van der Waals surface area contributed by atoms with E-state index in [0.29, 0.717) is 25.6 Å². The van der Waals surface area contributed by atoms with Crippen molar-refractivity contribution in [2.45, 2.75) is 77.8 Å². The number of hydrogen-bond donors (Lipinski definition) is 1. The molecule has 0 saturated heterocycles. The molecule has 0 bridgehead atoms. The predicted molar refractivity (Wildman–Crippen MR) is 153 cm³/mol. The molecule has 2 aromatic carbocycles. The second kappa shape index (κ2) is 13.1. The molecule has 0 aromatic heterocycles. The quantitative estimate of drug-likeness (QED) is 0.334. The zero-order chi connectivity index (χ0) is 27.3. The highest BCUT2D eigenvalue weighted by Gasteiger charge is 2.23. The fourth-order valence-electron chi connectivity index (χ4n) is 2.61. The lowest BCUT2D eigenvalue weighted by atomic mass is 10.0. The van der Waals surface area contributed by atoms with Crippen molar-refractivity contribution in [3.63, 3.8) is 0 Å². The van der Waals surface area contributed by atoms with Crippen molar-refractivity contribution in [1.29, 1.82) is 0 Å². The Kier molecular flexibility index (Phi) is 12.1. The Hall–Kier alpha value is -0.810. The smallest absolute Gasteiger partial charge is 0.144 e. The van der Waals surface area contributed by atoms with Crippen molar-refractivity contribution in [3.05, 3.63) is 67.1 Å². The summed E-state index contributed by atoms with van der Waals surface area (Å²) >= 11 is 6.27. The molecule has 10 heteroatoms. The van der Waals surface area contributed by atoms with E-state index in [0.717, 1.165) is 5.56 Å². The summed E-state index contributed by atoms with van der Waals surface area (Å²) in [6, 6.07) is 6.72. The number of halogens is 4. The number of hydrogen-bond acceptors (Lipinski definition) is 2. The number of nitrogens with one attached hydrogen (secondary N) is 1. The van der Waals surface area contributed by atoms with Crippen molar-refractivity contribution < 1.29 is 17.2 Å². The van der Waals surface area contributed by atoms with E-state index in [-0.39, 0.29) is 22.4 Å². The highest BCUT2D eigenvalue weighted by Crippen LogP contribution is 2.26. The summed E-state index contributed by atoms with van der Waals surface area (Å²) in [5.41, 5.74) is 2.54. The molecule has 3 atom stereocenters. The van der Waals surface area contributed by atoms with Crippen LogP contribution in [-0.4, -0.2) is 24.1 Å². The zero-order valence-corrected chi connectivity index (χ0v) is 26.4. The Morgan fingerprint density at radius 2 is 1.37 bits per heavy atom. The predicted octanol–water partition coefficient (Wildman–Crippen LogP) is 7.79. The van der Waals surface area contributed by atoms with E-state index in [4.69, 9.17) is 0 Å². The van der Waals surface area contributed by atoms with Crippen LogP contribution in [0.4, 0.5) is 8.78 Å². The van der Waals surface area contributed by atoms with Gasteiger partial charge < -0.3 is 0 Å². The Morgan fingerprint density at radius 3 is 1.86 bits per heavy atom. The summed E-state index contributed by atoms with van der Waals surface area (Å²) in [5.74, 6) is -0.571. The maximum atomic E-state index is 13.8. The van der Waals surface area contributed by atoms with E-state index in [1.807, 2.05) is 54.5 Å². The average molecular weight is 656 g/mol. The second-order valence-electron chi connectivity index (χ2n) is 9.97. The van der Waals surface area contributed by atoms with Gasteiger partial charge in [0.05, 0.1) is 29.4 Å². The molecule has 1 N–H and O–H groups in total. The van der Waals surface area contributed by atoms with Crippen molar-refractivity contribution >= 4 is 60.0 Å². The van der Waals surface area contributed by atoms with Gasteiger partial charge in [0.15, 0.2) is 0 Å². The molecule has 0 fully saturated rings. The average Bonchev–Trinajstić information content (AvgIpc) is 2.74. The molecule has 0 unspecified atom stereocenters. The summed E-state index contributed by atoms with van der Waals surface area (Å²) in [7, 11) is -2.50. The first-order valence-corrected chi connectivity index (χ1v) is 14.7. The summed E-state index contributed by atoms with van der Waals surface area (Å²) in [4.78, 5) is 0. The molecular formula is C25H34Br2F2N2O2S2. The largest absolute Gasteiger partial charge is 0.242 e. The van der Waals surface area contributed by atoms with E-state index in [9.17, 15) is 17.2 Å². The third kappa shape index (κ3) is 9.54. The molecule has 0 saturated carbocycles. The van der Waals surface area contributed by atoms with Crippen LogP contribution in [-0.2, 0) is 22.0 Å². The van der Waals surface area contributed by atoms with Crippen molar-refractivity contribution in [2.24, 2.45) is 4.40 Å². The van der Waals surface area contributed by atoms with E-state index < -0.39 is 26.7 Å². The van der Waals surface area contributed by atoms with Gasteiger partial charge in [0.2, 0.25) is 0 Å². The molecule has 4 nitrogen and oxygen atoms in total. The highest BCUT2D eigenvalue weighted by atomic mass is 79.9. The fraction of sp³-hybridized carbons (Fsp3) is 0.480. The number of nitrogens with zero attached hydrogens (tertiary/aromatic N) is 1. The lowest BCUT2D eigenvalue weighted by Crippen LogP contribution is -2.35. The van der Waals surface area contributed by atoms with Crippen LogP contribution in [0.15, 0.2) is 37.6 Å². The van der Waals surface area contributed by atoms with Crippen molar-refractivity contribution in [2.75, 3.05) is 0 Å². The topological polar surface area (TPSA) is 58.5 Å². The van der Waals surface area contributed by atoms with Crippen LogP contribution in [0.2, 0.25) is 0 Å². The summed E-state index contributed by atoms with van der Waals surface area (Å²) in [6.45, 7) is 16.5. The molecule has 0 heterocycles. The first kappa shape index (κ1) is 32.2. The third-order valence-corrected chi connectivity index (χ3v) is 9.13. The van der Waals surface area contributed by atoms with Crippen molar-refractivity contribution in [1.82, 2.24) is 4.72 Å². The van der Waals surface area contributed by atoms with Crippen LogP contribution < -0.4 is 4.72 Å². The maximum Gasteiger partial charge on any atom is 0.144 e. The van der Waals surface area contributed by atoms with E-state index in [2.05, 4.69) is 41.0 Å². The van der Waals surface area contributed by atoms with Crippen LogP contribution in [0.25, 0.3) is 0 Å². The minimum absolute atomic E-state index is 0.160.